The van der Waals surface area contributed by atoms with Gasteiger partial charge in [0, 0.05) is 29.4 Å². The van der Waals surface area contributed by atoms with Crippen molar-refractivity contribution in [2.45, 2.75) is 40.2 Å². The normalized spacial score (nSPS) is 17.7. The number of likely N-dealkylation sites (tertiary alicyclic amines) is 1. The van der Waals surface area contributed by atoms with Crippen molar-refractivity contribution in [3.63, 3.8) is 0 Å². The number of rotatable bonds is 7. The van der Waals surface area contributed by atoms with Crippen molar-refractivity contribution in [2.24, 2.45) is 10.9 Å². The van der Waals surface area contributed by atoms with E-state index in [4.69, 9.17) is 4.99 Å². The van der Waals surface area contributed by atoms with Gasteiger partial charge in [0.05, 0.1) is 6.54 Å². The number of hydrogen-bond acceptors (Lipinski definition) is 3. The summed E-state index contributed by atoms with van der Waals surface area (Å²) in [5.74, 6) is 1.58. The van der Waals surface area contributed by atoms with Crippen molar-refractivity contribution in [1.29, 1.82) is 0 Å². The Morgan fingerprint density at radius 3 is 2.73 bits per heavy atom. The molecule has 0 saturated carbocycles. The Morgan fingerprint density at radius 2 is 2.09 bits per heavy atom. The van der Waals surface area contributed by atoms with Gasteiger partial charge in [-0.3, -0.25) is 0 Å². The van der Waals surface area contributed by atoms with Crippen molar-refractivity contribution in [2.75, 3.05) is 32.7 Å². The first kappa shape index (κ1) is 17.3. The molecule has 0 aromatic carbocycles. The minimum atomic E-state index is 0.644. The van der Waals surface area contributed by atoms with Gasteiger partial charge in [-0.25, -0.2) is 4.99 Å². The van der Waals surface area contributed by atoms with E-state index in [1.807, 2.05) is 11.3 Å². The van der Waals surface area contributed by atoms with Gasteiger partial charge in [0.1, 0.15) is 0 Å². The lowest BCUT2D eigenvalue weighted by Crippen LogP contribution is -2.41. The van der Waals surface area contributed by atoms with E-state index in [0.29, 0.717) is 5.92 Å². The van der Waals surface area contributed by atoms with Crippen LogP contribution in [0.2, 0.25) is 0 Å². The Hall–Kier alpha value is -1.07. The summed E-state index contributed by atoms with van der Waals surface area (Å²) in [4.78, 5) is 9.94. The van der Waals surface area contributed by atoms with Crippen LogP contribution in [0.15, 0.2) is 17.1 Å². The first-order chi connectivity index (χ1) is 10.7. The maximum absolute atomic E-state index is 4.69. The van der Waals surface area contributed by atoms with E-state index in [2.05, 4.69) is 48.4 Å². The number of aryl methyl sites for hydroxylation is 1. The molecule has 1 fully saturated rings. The van der Waals surface area contributed by atoms with Crippen molar-refractivity contribution in [3.05, 3.63) is 21.9 Å². The maximum Gasteiger partial charge on any atom is 0.191 e. The molecule has 1 aliphatic rings. The second kappa shape index (κ2) is 9.16. The summed E-state index contributed by atoms with van der Waals surface area (Å²) in [5.41, 5.74) is 0. The number of guanidine groups is 1. The number of nitrogens with one attached hydrogen (secondary N) is 2. The summed E-state index contributed by atoms with van der Waals surface area (Å²) >= 11 is 1.82. The molecule has 0 spiro atoms. The molecule has 2 heterocycles. The van der Waals surface area contributed by atoms with Crippen molar-refractivity contribution in [1.82, 2.24) is 15.5 Å². The van der Waals surface area contributed by atoms with E-state index in [1.54, 1.807) is 0 Å². The average molecular weight is 323 g/mol. The largest absolute Gasteiger partial charge is 0.357 e. The van der Waals surface area contributed by atoms with Crippen LogP contribution in [-0.2, 0) is 6.54 Å². The zero-order valence-electron chi connectivity index (χ0n) is 14.2. The van der Waals surface area contributed by atoms with Crippen molar-refractivity contribution >= 4 is 17.3 Å². The highest BCUT2D eigenvalue weighted by atomic mass is 32.1. The molecule has 22 heavy (non-hydrogen) atoms. The van der Waals surface area contributed by atoms with Gasteiger partial charge in [-0.1, -0.05) is 6.92 Å². The summed E-state index contributed by atoms with van der Waals surface area (Å²) in [6.45, 7) is 12.9. The second-order valence-electron chi connectivity index (χ2n) is 6.20. The van der Waals surface area contributed by atoms with E-state index in [1.165, 1.54) is 42.2 Å². The minimum Gasteiger partial charge on any atom is -0.357 e. The Labute approximate surface area is 139 Å². The average Bonchev–Trinajstić information content (AvgIpc) is 3.13. The third-order valence-corrected chi connectivity index (χ3v) is 4.91. The molecule has 4 nitrogen and oxygen atoms in total. The molecule has 1 aromatic heterocycles. The van der Waals surface area contributed by atoms with Crippen LogP contribution in [0.25, 0.3) is 0 Å². The third-order valence-electron chi connectivity index (χ3n) is 3.92. The highest BCUT2D eigenvalue weighted by molar-refractivity contribution is 7.11. The molecule has 1 atom stereocenters. The number of thiophene rings is 1. The van der Waals surface area contributed by atoms with Gasteiger partial charge in [-0.2, -0.15) is 0 Å². The molecule has 1 unspecified atom stereocenters. The maximum atomic E-state index is 4.69. The van der Waals surface area contributed by atoms with Crippen LogP contribution in [0.5, 0.6) is 0 Å². The van der Waals surface area contributed by atoms with E-state index in [0.717, 1.165) is 25.6 Å². The van der Waals surface area contributed by atoms with E-state index in [-0.39, 0.29) is 0 Å². The summed E-state index contributed by atoms with van der Waals surface area (Å²) in [7, 11) is 0. The Kier molecular flexibility index (Phi) is 7.19. The van der Waals surface area contributed by atoms with Crippen molar-refractivity contribution < 1.29 is 0 Å². The van der Waals surface area contributed by atoms with Gasteiger partial charge in [0.15, 0.2) is 5.96 Å². The molecule has 2 rings (SSSR count). The fourth-order valence-electron chi connectivity index (χ4n) is 2.81. The highest BCUT2D eigenvalue weighted by Crippen LogP contribution is 2.15. The summed E-state index contributed by atoms with van der Waals surface area (Å²) < 4.78 is 0. The molecular formula is C17H30N4S. The lowest BCUT2D eigenvalue weighted by Gasteiger charge is -2.21. The Morgan fingerprint density at radius 1 is 1.32 bits per heavy atom. The monoisotopic (exact) mass is 322 g/mol. The van der Waals surface area contributed by atoms with Gasteiger partial charge in [-0.05, 0) is 57.8 Å². The Balaban J connectivity index is 1.77. The zero-order valence-corrected chi connectivity index (χ0v) is 15.0. The molecule has 0 radical (unpaired) electrons. The van der Waals surface area contributed by atoms with Crippen LogP contribution in [0.4, 0.5) is 0 Å². The molecule has 0 amide bonds. The van der Waals surface area contributed by atoms with Crippen LogP contribution in [0.3, 0.4) is 0 Å². The van der Waals surface area contributed by atoms with Crippen LogP contribution in [0.1, 0.15) is 36.4 Å². The first-order valence-corrected chi connectivity index (χ1v) is 9.29. The van der Waals surface area contributed by atoms with E-state index < -0.39 is 0 Å². The predicted molar refractivity (Wildman–Crippen MR) is 96.7 cm³/mol. The fourth-order valence-corrected chi connectivity index (χ4v) is 3.63. The Bertz CT molecular complexity index is 463. The van der Waals surface area contributed by atoms with Crippen molar-refractivity contribution in [3.8, 4) is 0 Å². The summed E-state index contributed by atoms with van der Waals surface area (Å²) in [6.07, 6.45) is 2.73. The molecule has 1 aliphatic heterocycles. The lowest BCUT2D eigenvalue weighted by atomic mass is 10.1. The number of aliphatic imine (C=N–C) groups is 1. The van der Waals surface area contributed by atoms with Gasteiger partial charge in [0.2, 0.25) is 0 Å². The molecule has 0 bridgehead atoms. The van der Waals surface area contributed by atoms with Crippen LogP contribution in [-0.4, -0.2) is 43.6 Å². The van der Waals surface area contributed by atoms with E-state index >= 15 is 0 Å². The standard InChI is InChI=1S/C17H30N4S/c1-4-18-17(20-12-16-8-7-15(3)22-16)19-11-14(2)13-21-9-5-6-10-21/h7-8,14H,4-6,9-13H2,1-3H3,(H2,18,19,20). The molecule has 124 valence electrons. The molecule has 5 heteroatoms. The molecular weight excluding hydrogens is 292 g/mol. The van der Waals surface area contributed by atoms with Gasteiger partial charge in [-0.15, -0.1) is 11.3 Å². The third kappa shape index (κ3) is 5.97. The lowest BCUT2D eigenvalue weighted by molar-refractivity contribution is 0.287. The van der Waals surface area contributed by atoms with Crippen LogP contribution < -0.4 is 10.6 Å². The minimum absolute atomic E-state index is 0.644. The molecule has 1 aromatic rings. The number of hydrogen-bond donors (Lipinski definition) is 2. The van der Waals surface area contributed by atoms with E-state index in [9.17, 15) is 0 Å². The van der Waals surface area contributed by atoms with Crippen LogP contribution in [0, 0.1) is 12.8 Å². The second-order valence-corrected chi connectivity index (χ2v) is 7.57. The zero-order chi connectivity index (χ0) is 15.8. The van der Waals surface area contributed by atoms with Gasteiger partial charge >= 0.3 is 0 Å². The molecule has 0 aliphatic carbocycles. The fraction of sp³-hybridized carbons (Fsp3) is 0.706. The predicted octanol–water partition coefficient (Wildman–Crippen LogP) is 2.84. The summed E-state index contributed by atoms with van der Waals surface area (Å²) in [6, 6.07) is 4.33. The van der Waals surface area contributed by atoms with Crippen LogP contribution >= 0.6 is 11.3 Å². The van der Waals surface area contributed by atoms with Gasteiger partial charge in [0.25, 0.3) is 0 Å². The highest BCUT2D eigenvalue weighted by Gasteiger charge is 2.14. The van der Waals surface area contributed by atoms with Gasteiger partial charge < -0.3 is 15.5 Å². The summed E-state index contributed by atoms with van der Waals surface area (Å²) in [5, 5.41) is 6.83. The smallest absolute Gasteiger partial charge is 0.191 e. The topological polar surface area (TPSA) is 39.7 Å². The SMILES string of the molecule is CCNC(=NCc1ccc(C)s1)NCC(C)CN1CCCC1. The molecule has 2 N–H and O–H groups in total. The first-order valence-electron chi connectivity index (χ1n) is 8.47. The molecule has 1 saturated heterocycles. The quantitative estimate of drug-likeness (QED) is 0.599. The number of nitrogens with zero attached hydrogens (tertiary/aromatic N) is 2.